The first-order chi connectivity index (χ1) is 11.1. The Hall–Kier alpha value is -2.49. The summed E-state index contributed by atoms with van der Waals surface area (Å²) in [5.41, 5.74) is 2.56. The van der Waals surface area contributed by atoms with Crippen LogP contribution in [0, 0.1) is 12.7 Å². The van der Waals surface area contributed by atoms with Crippen LogP contribution in [-0.4, -0.2) is 18.2 Å². The largest absolute Gasteiger partial charge is 0.356 e. The molecular weight excluding hydrogens is 293 g/mol. The molecular formula is C19H20FNO2. The zero-order valence-corrected chi connectivity index (χ0v) is 13.1. The molecule has 2 aromatic carbocycles. The molecule has 0 spiro atoms. The minimum atomic E-state index is -0.271. The fourth-order valence-electron chi connectivity index (χ4n) is 2.33. The van der Waals surface area contributed by atoms with Gasteiger partial charge in [0.1, 0.15) is 5.82 Å². The summed E-state index contributed by atoms with van der Waals surface area (Å²) in [7, 11) is 0. The fourth-order valence-corrected chi connectivity index (χ4v) is 2.33. The van der Waals surface area contributed by atoms with Gasteiger partial charge in [-0.2, -0.15) is 0 Å². The van der Waals surface area contributed by atoms with Crippen molar-refractivity contribution in [2.45, 2.75) is 26.2 Å². The van der Waals surface area contributed by atoms with Gasteiger partial charge in [-0.05, 0) is 36.6 Å². The van der Waals surface area contributed by atoms with Crippen molar-refractivity contribution in [1.82, 2.24) is 5.32 Å². The number of rotatable bonds is 7. The number of hydrogen-bond acceptors (Lipinski definition) is 2. The first-order valence-corrected chi connectivity index (χ1v) is 7.66. The molecule has 0 saturated carbocycles. The van der Waals surface area contributed by atoms with Crippen LogP contribution in [0.3, 0.4) is 0 Å². The van der Waals surface area contributed by atoms with Gasteiger partial charge < -0.3 is 5.32 Å². The molecule has 0 heterocycles. The standard InChI is InChI=1S/C19H20FNO2/c1-14-4-2-3-5-17(14)18(22)10-11-19(23)21-13-12-15-6-8-16(20)9-7-15/h2-9H,10-13H2,1H3,(H,21,23). The van der Waals surface area contributed by atoms with E-state index < -0.39 is 0 Å². The third-order valence-electron chi connectivity index (χ3n) is 3.67. The van der Waals surface area contributed by atoms with Crippen LogP contribution in [0.1, 0.15) is 34.3 Å². The molecule has 0 saturated heterocycles. The van der Waals surface area contributed by atoms with E-state index in [9.17, 15) is 14.0 Å². The lowest BCUT2D eigenvalue weighted by molar-refractivity contribution is -0.121. The van der Waals surface area contributed by atoms with Gasteiger partial charge in [0.15, 0.2) is 5.78 Å². The topological polar surface area (TPSA) is 46.2 Å². The number of hydrogen-bond donors (Lipinski definition) is 1. The Balaban J connectivity index is 1.72. The van der Waals surface area contributed by atoms with Crippen molar-refractivity contribution in [3.63, 3.8) is 0 Å². The van der Waals surface area contributed by atoms with Crippen molar-refractivity contribution in [3.05, 3.63) is 71.0 Å². The van der Waals surface area contributed by atoms with Crippen LogP contribution < -0.4 is 5.32 Å². The number of benzene rings is 2. The van der Waals surface area contributed by atoms with Gasteiger partial charge >= 0.3 is 0 Å². The second-order valence-corrected chi connectivity index (χ2v) is 5.46. The molecule has 0 aliphatic heterocycles. The number of carbonyl (C=O) groups is 2. The molecule has 0 atom stereocenters. The van der Waals surface area contributed by atoms with Gasteiger partial charge in [0.2, 0.25) is 5.91 Å². The van der Waals surface area contributed by atoms with Crippen LogP contribution in [0.5, 0.6) is 0 Å². The van der Waals surface area contributed by atoms with E-state index in [2.05, 4.69) is 5.32 Å². The van der Waals surface area contributed by atoms with Crippen LogP contribution in [0.2, 0.25) is 0 Å². The monoisotopic (exact) mass is 313 g/mol. The highest BCUT2D eigenvalue weighted by Crippen LogP contribution is 2.11. The van der Waals surface area contributed by atoms with Crippen LogP contribution in [0.15, 0.2) is 48.5 Å². The Morgan fingerprint density at radius 3 is 2.39 bits per heavy atom. The number of aryl methyl sites for hydroxylation is 1. The Kier molecular flexibility index (Phi) is 6.03. The van der Waals surface area contributed by atoms with E-state index in [0.717, 1.165) is 11.1 Å². The predicted molar refractivity (Wildman–Crippen MR) is 87.9 cm³/mol. The van der Waals surface area contributed by atoms with Crippen molar-refractivity contribution in [3.8, 4) is 0 Å². The fraction of sp³-hybridized carbons (Fsp3) is 0.263. The maximum Gasteiger partial charge on any atom is 0.220 e. The number of carbonyl (C=O) groups excluding carboxylic acids is 2. The molecule has 2 aromatic rings. The SMILES string of the molecule is Cc1ccccc1C(=O)CCC(=O)NCCc1ccc(F)cc1. The number of halogens is 1. The summed E-state index contributed by atoms with van der Waals surface area (Å²) >= 11 is 0. The van der Waals surface area contributed by atoms with Crippen molar-refractivity contribution in [1.29, 1.82) is 0 Å². The average molecular weight is 313 g/mol. The maximum atomic E-state index is 12.8. The summed E-state index contributed by atoms with van der Waals surface area (Å²) in [5.74, 6) is -0.432. The van der Waals surface area contributed by atoms with E-state index in [4.69, 9.17) is 0 Å². The molecule has 0 unspecified atom stereocenters. The first-order valence-electron chi connectivity index (χ1n) is 7.66. The van der Waals surface area contributed by atoms with Crippen molar-refractivity contribution < 1.29 is 14.0 Å². The van der Waals surface area contributed by atoms with Gasteiger partial charge in [-0.3, -0.25) is 9.59 Å². The number of amides is 1. The molecule has 2 rings (SSSR count). The second kappa shape index (κ2) is 8.22. The quantitative estimate of drug-likeness (QED) is 0.796. The summed E-state index contributed by atoms with van der Waals surface area (Å²) in [5, 5.41) is 2.78. The third kappa shape index (κ3) is 5.33. The molecule has 0 aromatic heterocycles. The van der Waals surface area contributed by atoms with Crippen LogP contribution in [0.25, 0.3) is 0 Å². The number of ketones is 1. The highest BCUT2D eigenvalue weighted by molar-refractivity contribution is 5.99. The minimum absolute atomic E-state index is 0.0169. The van der Waals surface area contributed by atoms with Gasteiger partial charge in [0.05, 0.1) is 0 Å². The molecule has 0 bridgehead atoms. The molecule has 0 aliphatic carbocycles. The lowest BCUT2D eigenvalue weighted by atomic mass is 10.0. The first kappa shape index (κ1) is 16.9. The maximum absolute atomic E-state index is 12.8. The van der Waals surface area contributed by atoms with Gasteiger partial charge in [-0.1, -0.05) is 36.4 Å². The highest BCUT2D eigenvalue weighted by Gasteiger charge is 2.10. The molecule has 23 heavy (non-hydrogen) atoms. The van der Waals surface area contributed by atoms with Crippen LogP contribution in [-0.2, 0) is 11.2 Å². The van der Waals surface area contributed by atoms with Gasteiger partial charge in [-0.25, -0.2) is 4.39 Å². The van der Waals surface area contributed by atoms with E-state index in [1.165, 1.54) is 12.1 Å². The third-order valence-corrected chi connectivity index (χ3v) is 3.67. The van der Waals surface area contributed by atoms with Crippen LogP contribution in [0.4, 0.5) is 4.39 Å². The Bertz CT molecular complexity index is 680. The average Bonchev–Trinajstić information content (AvgIpc) is 2.55. The Morgan fingerprint density at radius 2 is 1.70 bits per heavy atom. The smallest absolute Gasteiger partial charge is 0.220 e. The zero-order chi connectivity index (χ0) is 16.7. The van der Waals surface area contributed by atoms with E-state index in [1.807, 2.05) is 25.1 Å². The predicted octanol–water partition coefficient (Wildman–Crippen LogP) is 3.46. The normalized spacial score (nSPS) is 10.3. The molecule has 120 valence electrons. The Labute approximate surface area is 135 Å². The van der Waals surface area contributed by atoms with Crippen molar-refractivity contribution in [2.24, 2.45) is 0 Å². The van der Waals surface area contributed by atoms with Gasteiger partial charge in [-0.15, -0.1) is 0 Å². The van der Waals surface area contributed by atoms with E-state index >= 15 is 0 Å². The van der Waals surface area contributed by atoms with Crippen molar-refractivity contribution >= 4 is 11.7 Å². The molecule has 0 radical (unpaired) electrons. The van der Waals surface area contributed by atoms with E-state index in [0.29, 0.717) is 18.5 Å². The molecule has 4 heteroatoms. The number of nitrogens with one attached hydrogen (secondary N) is 1. The van der Waals surface area contributed by atoms with Gasteiger partial charge in [0, 0.05) is 24.9 Å². The van der Waals surface area contributed by atoms with E-state index in [-0.39, 0.29) is 30.3 Å². The highest BCUT2D eigenvalue weighted by atomic mass is 19.1. The molecule has 0 aliphatic rings. The summed E-state index contributed by atoms with van der Waals surface area (Å²) < 4.78 is 12.8. The summed E-state index contributed by atoms with van der Waals surface area (Å²) in [6.45, 7) is 2.36. The lowest BCUT2D eigenvalue weighted by Crippen LogP contribution is -2.26. The minimum Gasteiger partial charge on any atom is -0.356 e. The molecule has 3 nitrogen and oxygen atoms in total. The van der Waals surface area contributed by atoms with Gasteiger partial charge in [0.25, 0.3) is 0 Å². The van der Waals surface area contributed by atoms with Crippen LogP contribution >= 0.6 is 0 Å². The summed E-state index contributed by atoms with van der Waals surface area (Å²) in [6, 6.07) is 13.6. The molecule has 1 amide bonds. The summed E-state index contributed by atoms with van der Waals surface area (Å²) in [4.78, 5) is 23.9. The molecule has 1 N–H and O–H groups in total. The van der Waals surface area contributed by atoms with Crippen molar-refractivity contribution in [2.75, 3.05) is 6.54 Å². The summed E-state index contributed by atoms with van der Waals surface area (Å²) in [6.07, 6.45) is 1.02. The second-order valence-electron chi connectivity index (χ2n) is 5.46. The Morgan fingerprint density at radius 1 is 1.00 bits per heavy atom. The number of Topliss-reactive ketones (excluding diaryl/α,β-unsaturated/α-hetero) is 1. The lowest BCUT2D eigenvalue weighted by Gasteiger charge is -2.06. The zero-order valence-electron chi connectivity index (χ0n) is 13.1. The van der Waals surface area contributed by atoms with E-state index in [1.54, 1.807) is 18.2 Å². The molecule has 0 fully saturated rings.